The first kappa shape index (κ1) is 8.40. The fourth-order valence-electron chi connectivity index (χ4n) is 1.27. The largest absolute Gasteiger partial charge is 0.366 e. The lowest BCUT2D eigenvalue weighted by Crippen LogP contribution is -2.44. The van der Waals surface area contributed by atoms with Gasteiger partial charge in [0.05, 0.1) is 5.57 Å². The van der Waals surface area contributed by atoms with Crippen molar-refractivity contribution in [1.82, 2.24) is 9.62 Å². The number of amides is 1. The maximum absolute atomic E-state index is 11.0. The summed E-state index contributed by atoms with van der Waals surface area (Å²) < 4.78 is 3.09. The SMILES string of the molecule is NC(=O)C1=CC=CN2C=CSNC12. The average molecular weight is 195 g/mol. The molecule has 1 atom stereocenters. The van der Waals surface area contributed by atoms with Crippen molar-refractivity contribution < 1.29 is 4.79 Å². The maximum Gasteiger partial charge on any atom is 0.248 e. The van der Waals surface area contributed by atoms with Gasteiger partial charge in [0.25, 0.3) is 0 Å². The van der Waals surface area contributed by atoms with Crippen LogP contribution in [0.1, 0.15) is 0 Å². The Labute approximate surface area is 80.3 Å². The van der Waals surface area contributed by atoms with E-state index in [1.165, 1.54) is 11.9 Å². The monoisotopic (exact) mass is 195 g/mol. The Bertz CT molecular complexity index is 321. The second-order valence-electron chi connectivity index (χ2n) is 2.70. The minimum Gasteiger partial charge on any atom is -0.366 e. The predicted molar refractivity (Wildman–Crippen MR) is 51.9 cm³/mol. The first-order chi connectivity index (χ1) is 6.29. The minimum atomic E-state index is -0.386. The molecule has 0 aromatic carbocycles. The summed E-state index contributed by atoms with van der Waals surface area (Å²) in [5.74, 6) is -0.386. The molecule has 1 unspecified atom stereocenters. The molecule has 1 amide bonds. The number of nitrogens with zero attached hydrogens (tertiary/aromatic N) is 1. The smallest absolute Gasteiger partial charge is 0.248 e. The van der Waals surface area contributed by atoms with Gasteiger partial charge in [-0.05, 0) is 24.1 Å². The van der Waals surface area contributed by atoms with Crippen molar-refractivity contribution in [3.05, 3.63) is 35.5 Å². The van der Waals surface area contributed by atoms with E-state index >= 15 is 0 Å². The molecule has 0 fully saturated rings. The van der Waals surface area contributed by atoms with Gasteiger partial charge in [-0.25, -0.2) is 4.72 Å². The summed E-state index contributed by atoms with van der Waals surface area (Å²) in [6.45, 7) is 0. The number of rotatable bonds is 1. The number of allylic oxidation sites excluding steroid dienone is 2. The minimum absolute atomic E-state index is 0.127. The predicted octanol–water partition coefficient (Wildman–Crippen LogP) is 0.276. The van der Waals surface area contributed by atoms with Crippen molar-refractivity contribution in [2.45, 2.75) is 6.17 Å². The van der Waals surface area contributed by atoms with Gasteiger partial charge < -0.3 is 10.6 Å². The molecule has 0 aliphatic carbocycles. The lowest BCUT2D eigenvalue weighted by Gasteiger charge is -2.33. The zero-order chi connectivity index (χ0) is 9.26. The van der Waals surface area contributed by atoms with E-state index in [2.05, 4.69) is 4.72 Å². The summed E-state index contributed by atoms with van der Waals surface area (Å²) in [6.07, 6.45) is 7.20. The van der Waals surface area contributed by atoms with Crippen LogP contribution in [-0.2, 0) is 4.79 Å². The highest BCUT2D eigenvalue weighted by molar-refractivity contribution is 8.00. The van der Waals surface area contributed by atoms with E-state index in [4.69, 9.17) is 5.73 Å². The van der Waals surface area contributed by atoms with Crippen LogP contribution in [0.5, 0.6) is 0 Å². The van der Waals surface area contributed by atoms with Gasteiger partial charge in [0, 0.05) is 17.8 Å². The second-order valence-corrected chi connectivity index (χ2v) is 3.44. The summed E-state index contributed by atoms with van der Waals surface area (Å²) >= 11 is 1.45. The summed E-state index contributed by atoms with van der Waals surface area (Å²) in [6, 6.07) is 0. The number of nitrogens with two attached hydrogens (primary N) is 1. The molecule has 2 aliphatic rings. The molecule has 0 aromatic rings. The van der Waals surface area contributed by atoms with E-state index in [1.807, 2.05) is 22.7 Å². The average Bonchev–Trinajstić information content (AvgIpc) is 2.17. The molecule has 0 saturated carbocycles. The quantitative estimate of drug-likeness (QED) is 0.590. The second kappa shape index (κ2) is 3.27. The Kier molecular flexibility index (Phi) is 2.12. The molecular formula is C8H9N3OS. The van der Waals surface area contributed by atoms with Gasteiger partial charge in [-0.2, -0.15) is 0 Å². The molecule has 3 N–H and O–H groups in total. The van der Waals surface area contributed by atoms with Gasteiger partial charge in [0.15, 0.2) is 0 Å². The van der Waals surface area contributed by atoms with E-state index in [0.717, 1.165) is 0 Å². The van der Waals surface area contributed by atoms with Crippen molar-refractivity contribution in [3.8, 4) is 0 Å². The summed E-state index contributed by atoms with van der Waals surface area (Å²) in [5, 5.41) is 1.91. The molecule has 0 bridgehead atoms. The molecule has 0 spiro atoms. The molecule has 5 heteroatoms. The van der Waals surface area contributed by atoms with E-state index in [9.17, 15) is 4.79 Å². The third-order valence-corrected chi connectivity index (χ3v) is 2.51. The van der Waals surface area contributed by atoms with Crippen LogP contribution in [0.4, 0.5) is 0 Å². The number of primary amides is 1. The molecule has 2 rings (SSSR count). The lowest BCUT2D eigenvalue weighted by molar-refractivity contribution is -0.115. The number of carbonyl (C=O) groups excluding carboxylic acids is 1. The first-order valence-electron chi connectivity index (χ1n) is 3.82. The Morgan fingerprint density at radius 2 is 2.46 bits per heavy atom. The maximum atomic E-state index is 11.0. The van der Waals surface area contributed by atoms with Crippen molar-refractivity contribution in [1.29, 1.82) is 0 Å². The van der Waals surface area contributed by atoms with Gasteiger partial charge in [-0.15, -0.1) is 0 Å². The third kappa shape index (κ3) is 1.48. The molecule has 2 heterocycles. The van der Waals surface area contributed by atoms with Crippen LogP contribution in [0.25, 0.3) is 0 Å². The molecule has 0 radical (unpaired) electrons. The number of nitrogens with one attached hydrogen (secondary N) is 1. The third-order valence-electron chi connectivity index (χ3n) is 1.89. The molecule has 0 aromatic heterocycles. The normalized spacial score (nSPS) is 25.4. The fraction of sp³-hybridized carbons (Fsp3) is 0.125. The highest BCUT2D eigenvalue weighted by Gasteiger charge is 2.25. The summed E-state index contributed by atoms with van der Waals surface area (Å²) in [5.41, 5.74) is 5.82. The lowest BCUT2D eigenvalue weighted by atomic mass is 10.1. The Balaban J connectivity index is 2.30. The summed E-state index contributed by atoms with van der Waals surface area (Å²) in [7, 11) is 0. The van der Waals surface area contributed by atoms with Crippen molar-refractivity contribution in [3.63, 3.8) is 0 Å². The van der Waals surface area contributed by atoms with Gasteiger partial charge >= 0.3 is 0 Å². The molecule has 13 heavy (non-hydrogen) atoms. The Hall–Kier alpha value is -1.20. The standard InChI is InChI=1S/C8H9N3OS/c9-7(12)6-2-1-3-11-4-5-13-10-8(6)11/h1-5,8,10H,(H2,9,12). The van der Waals surface area contributed by atoms with E-state index < -0.39 is 0 Å². The highest BCUT2D eigenvalue weighted by Crippen LogP contribution is 2.21. The Morgan fingerprint density at radius 3 is 3.23 bits per heavy atom. The topological polar surface area (TPSA) is 58.4 Å². The molecule has 68 valence electrons. The molecule has 2 aliphatic heterocycles. The van der Waals surface area contributed by atoms with Gasteiger partial charge in [0.1, 0.15) is 6.17 Å². The Morgan fingerprint density at radius 1 is 1.62 bits per heavy atom. The number of hydrogen-bond donors (Lipinski definition) is 2. The van der Waals surface area contributed by atoms with Crippen LogP contribution in [0.3, 0.4) is 0 Å². The first-order valence-corrected chi connectivity index (χ1v) is 4.70. The van der Waals surface area contributed by atoms with Crippen molar-refractivity contribution in [2.24, 2.45) is 5.73 Å². The van der Waals surface area contributed by atoms with E-state index in [1.54, 1.807) is 12.2 Å². The zero-order valence-corrected chi connectivity index (χ0v) is 7.62. The van der Waals surface area contributed by atoms with Crippen molar-refractivity contribution >= 4 is 17.9 Å². The zero-order valence-electron chi connectivity index (χ0n) is 6.81. The summed E-state index contributed by atoms with van der Waals surface area (Å²) in [4.78, 5) is 12.9. The van der Waals surface area contributed by atoms with E-state index in [0.29, 0.717) is 5.57 Å². The van der Waals surface area contributed by atoms with Crippen LogP contribution < -0.4 is 10.5 Å². The van der Waals surface area contributed by atoms with Crippen LogP contribution in [-0.4, -0.2) is 17.0 Å². The molecule has 0 saturated heterocycles. The number of hydrogen-bond acceptors (Lipinski definition) is 4. The molecular weight excluding hydrogens is 186 g/mol. The van der Waals surface area contributed by atoms with Crippen LogP contribution in [0.15, 0.2) is 35.5 Å². The van der Waals surface area contributed by atoms with Crippen LogP contribution in [0, 0.1) is 0 Å². The highest BCUT2D eigenvalue weighted by atomic mass is 32.2. The van der Waals surface area contributed by atoms with Gasteiger partial charge in [-0.1, -0.05) is 0 Å². The van der Waals surface area contributed by atoms with E-state index in [-0.39, 0.29) is 12.1 Å². The van der Waals surface area contributed by atoms with Crippen molar-refractivity contribution in [2.75, 3.05) is 0 Å². The van der Waals surface area contributed by atoms with Crippen LogP contribution in [0.2, 0.25) is 0 Å². The number of fused-ring (bicyclic) bond motifs is 1. The van der Waals surface area contributed by atoms with Gasteiger partial charge in [0.2, 0.25) is 5.91 Å². The van der Waals surface area contributed by atoms with Crippen LogP contribution >= 0.6 is 11.9 Å². The van der Waals surface area contributed by atoms with Gasteiger partial charge in [-0.3, -0.25) is 4.79 Å². The number of carbonyl (C=O) groups is 1. The fourth-order valence-corrected chi connectivity index (χ4v) is 1.92. The molecule has 4 nitrogen and oxygen atoms in total.